The van der Waals surface area contributed by atoms with Crippen molar-refractivity contribution >= 4 is 39.7 Å². The highest BCUT2D eigenvalue weighted by molar-refractivity contribution is 7.91. The van der Waals surface area contributed by atoms with Gasteiger partial charge in [-0.2, -0.15) is 4.31 Å². The van der Waals surface area contributed by atoms with Gasteiger partial charge in [0.15, 0.2) is 0 Å². The summed E-state index contributed by atoms with van der Waals surface area (Å²) < 4.78 is 27.4. The first-order valence-corrected chi connectivity index (χ1v) is 11.8. The van der Waals surface area contributed by atoms with Crippen LogP contribution in [0.2, 0.25) is 0 Å². The number of halogens is 1. The average Bonchev–Trinajstić information content (AvgIpc) is 3.32. The second-order valence-corrected chi connectivity index (χ2v) is 10.6. The Morgan fingerprint density at radius 1 is 1.19 bits per heavy atom. The van der Waals surface area contributed by atoms with Gasteiger partial charge in [-0.25, -0.2) is 8.42 Å². The molecule has 1 aliphatic carbocycles. The molecule has 1 saturated heterocycles. The standard InChI is InChI=1S/C18H29N3O3S2.ClH/c19-13-14-5-4-6-16(14)18(22)20-10-9-15-7-8-17(25-15)26(23,24)21-11-2-1-3-12-21;/h7-8,14,16H,1-6,9-13,19H2,(H,20,22);1H/t14-,16-;/m1./s1. The fraction of sp³-hybridized carbons (Fsp3) is 0.722. The largest absolute Gasteiger partial charge is 0.355 e. The molecule has 6 nitrogen and oxygen atoms in total. The van der Waals surface area contributed by atoms with Crippen molar-refractivity contribution in [3.63, 3.8) is 0 Å². The van der Waals surface area contributed by atoms with Crippen LogP contribution in [0.3, 0.4) is 0 Å². The molecule has 3 rings (SSSR count). The van der Waals surface area contributed by atoms with Crippen LogP contribution in [0.4, 0.5) is 0 Å². The SMILES string of the molecule is Cl.NC[C@H]1CCC[C@H]1C(=O)NCCc1ccc(S(=O)(=O)N2CCCCC2)s1. The summed E-state index contributed by atoms with van der Waals surface area (Å²) in [6.45, 7) is 2.35. The molecular weight excluding hydrogens is 406 g/mol. The van der Waals surface area contributed by atoms with Crippen molar-refractivity contribution in [2.45, 2.75) is 49.2 Å². The van der Waals surface area contributed by atoms with Gasteiger partial charge in [0, 0.05) is 30.4 Å². The molecule has 154 valence electrons. The van der Waals surface area contributed by atoms with Gasteiger partial charge >= 0.3 is 0 Å². The monoisotopic (exact) mass is 435 g/mol. The van der Waals surface area contributed by atoms with Gasteiger partial charge in [-0.1, -0.05) is 12.8 Å². The van der Waals surface area contributed by atoms with Crippen LogP contribution >= 0.6 is 23.7 Å². The fourth-order valence-electron chi connectivity index (χ4n) is 3.97. The van der Waals surface area contributed by atoms with Crippen molar-refractivity contribution in [2.24, 2.45) is 17.6 Å². The molecule has 9 heteroatoms. The first-order valence-electron chi connectivity index (χ1n) is 9.59. The molecule has 0 radical (unpaired) electrons. The molecule has 2 aliphatic rings. The number of piperidine rings is 1. The summed E-state index contributed by atoms with van der Waals surface area (Å²) in [7, 11) is -3.36. The molecule has 2 atom stereocenters. The van der Waals surface area contributed by atoms with Crippen LogP contribution in [0.5, 0.6) is 0 Å². The zero-order valence-electron chi connectivity index (χ0n) is 15.6. The summed E-state index contributed by atoms with van der Waals surface area (Å²) >= 11 is 1.32. The lowest BCUT2D eigenvalue weighted by Crippen LogP contribution is -2.36. The number of amides is 1. The Labute approximate surface area is 172 Å². The number of hydrogen-bond donors (Lipinski definition) is 2. The van der Waals surface area contributed by atoms with Crippen LogP contribution in [0.15, 0.2) is 16.3 Å². The van der Waals surface area contributed by atoms with Crippen LogP contribution < -0.4 is 11.1 Å². The maximum Gasteiger partial charge on any atom is 0.252 e. The number of hydrogen-bond acceptors (Lipinski definition) is 5. The summed E-state index contributed by atoms with van der Waals surface area (Å²) in [6.07, 6.45) is 6.67. The van der Waals surface area contributed by atoms with Gasteiger partial charge in [-0.3, -0.25) is 4.79 Å². The summed E-state index contributed by atoms with van der Waals surface area (Å²) in [6, 6.07) is 3.57. The summed E-state index contributed by atoms with van der Waals surface area (Å²) in [5, 5.41) is 3.00. The third kappa shape index (κ3) is 5.44. The minimum atomic E-state index is -3.36. The Bertz CT molecular complexity index is 717. The number of nitrogens with zero attached hydrogens (tertiary/aromatic N) is 1. The van der Waals surface area contributed by atoms with Crippen LogP contribution in [-0.4, -0.2) is 44.8 Å². The van der Waals surface area contributed by atoms with Crippen LogP contribution in [0, 0.1) is 11.8 Å². The van der Waals surface area contributed by atoms with Gasteiger partial charge in [0.1, 0.15) is 4.21 Å². The molecular formula is C18H30ClN3O3S2. The Kier molecular flexibility index (Phi) is 8.55. The highest BCUT2D eigenvalue weighted by Crippen LogP contribution is 2.31. The molecule has 1 saturated carbocycles. The van der Waals surface area contributed by atoms with E-state index >= 15 is 0 Å². The predicted molar refractivity (Wildman–Crippen MR) is 111 cm³/mol. The first-order chi connectivity index (χ1) is 12.5. The van der Waals surface area contributed by atoms with E-state index in [2.05, 4.69) is 5.32 Å². The molecule has 2 heterocycles. The first kappa shape index (κ1) is 22.6. The van der Waals surface area contributed by atoms with E-state index in [-0.39, 0.29) is 24.2 Å². The molecule has 1 aromatic rings. The topological polar surface area (TPSA) is 92.5 Å². The van der Waals surface area contributed by atoms with E-state index in [0.717, 1.165) is 43.4 Å². The number of sulfonamides is 1. The van der Waals surface area contributed by atoms with Gasteiger partial charge in [0.05, 0.1) is 0 Å². The van der Waals surface area contributed by atoms with Crippen LogP contribution in [0.1, 0.15) is 43.4 Å². The molecule has 3 N–H and O–H groups in total. The highest BCUT2D eigenvalue weighted by atomic mass is 35.5. The summed E-state index contributed by atoms with van der Waals surface area (Å²) in [5.41, 5.74) is 5.75. The van der Waals surface area contributed by atoms with Crippen molar-refractivity contribution in [3.8, 4) is 0 Å². The Hall–Kier alpha value is -0.670. The Morgan fingerprint density at radius 3 is 2.63 bits per heavy atom. The molecule has 0 bridgehead atoms. The average molecular weight is 436 g/mol. The smallest absolute Gasteiger partial charge is 0.252 e. The van der Waals surface area contributed by atoms with Crippen LogP contribution in [-0.2, 0) is 21.2 Å². The minimum Gasteiger partial charge on any atom is -0.355 e. The number of nitrogens with one attached hydrogen (secondary N) is 1. The third-order valence-electron chi connectivity index (χ3n) is 5.52. The normalized spacial score (nSPS) is 23.7. The van der Waals surface area contributed by atoms with E-state index in [1.54, 1.807) is 10.4 Å². The molecule has 1 amide bonds. The summed E-state index contributed by atoms with van der Waals surface area (Å²) in [4.78, 5) is 13.3. The zero-order chi connectivity index (χ0) is 18.6. The van der Waals surface area contributed by atoms with E-state index in [1.807, 2.05) is 6.07 Å². The van der Waals surface area contributed by atoms with E-state index in [4.69, 9.17) is 5.73 Å². The van der Waals surface area contributed by atoms with Gasteiger partial charge in [-0.05, 0) is 56.7 Å². The van der Waals surface area contributed by atoms with E-state index < -0.39 is 10.0 Å². The van der Waals surface area contributed by atoms with Gasteiger partial charge in [0.2, 0.25) is 5.91 Å². The predicted octanol–water partition coefficient (Wildman–Crippen LogP) is 2.38. The van der Waals surface area contributed by atoms with E-state index in [1.165, 1.54) is 11.3 Å². The van der Waals surface area contributed by atoms with E-state index in [9.17, 15) is 13.2 Å². The van der Waals surface area contributed by atoms with E-state index in [0.29, 0.717) is 42.7 Å². The number of nitrogens with two attached hydrogens (primary N) is 1. The maximum absolute atomic E-state index is 12.7. The lowest BCUT2D eigenvalue weighted by Gasteiger charge is -2.25. The minimum absolute atomic E-state index is 0. The molecule has 1 aromatic heterocycles. The lowest BCUT2D eigenvalue weighted by atomic mass is 9.95. The van der Waals surface area contributed by atoms with Gasteiger partial charge in [-0.15, -0.1) is 23.7 Å². The molecule has 0 aromatic carbocycles. The van der Waals surface area contributed by atoms with Crippen molar-refractivity contribution in [1.29, 1.82) is 0 Å². The Morgan fingerprint density at radius 2 is 1.93 bits per heavy atom. The second kappa shape index (κ2) is 10.2. The van der Waals surface area contributed by atoms with Gasteiger partial charge in [0.25, 0.3) is 10.0 Å². The molecule has 1 aliphatic heterocycles. The molecule has 27 heavy (non-hydrogen) atoms. The molecule has 0 unspecified atom stereocenters. The zero-order valence-corrected chi connectivity index (χ0v) is 18.0. The van der Waals surface area contributed by atoms with Crippen molar-refractivity contribution in [2.75, 3.05) is 26.2 Å². The van der Waals surface area contributed by atoms with Gasteiger partial charge < -0.3 is 11.1 Å². The third-order valence-corrected chi connectivity index (χ3v) is 9.03. The van der Waals surface area contributed by atoms with Crippen molar-refractivity contribution < 1.29 is 13.2 Å². The van der Waals surface area contributed by atoms with Crippen molar-refractivity contribution in [3.05, 3.63) is 17.0 Å². The van der Waals surface area contributed by atoms with Crippen molar-refractivity contribution in [1.82, 2.24) is 9.62 Å². The highest BCUT2D eigenvalue weighted by Gasteiger charge is 2.31. The lowest BCUT2D eigenvalue weighted by molar-refractivity contribution is -0.125. The van der Waals surface area contributed by atoms with Crippen LogP contribution in [0.25, 0.3) is 0 Å². The Balaban J connectivity index is 0.00000261. The molecule has 2 fully saturated rings. The molecule has 0 spiro atoms. The number of carbonyl (C=O) groups excluding carboxylic acids is 1. The number of thiophene rings is 1. The number of carbonyl (C=O) groups is 1. The quantitative estimate of drug-likeness (QED) is 0.687. The second-order valence-electron chi connectivity index (χ2n) is 7.26. The number of rotatable bonds is 7. The summed E-state index contributed by atoms with van der Waals surface area (Å²) in [5.74, 6) is 0.437. The fourth-order valence-corrected chi connectivity index (χ4v) is 6.99. The maximum atomic E-state index is 12.7.